The minimum Gasteiger partial charge on any atom is -0.384 e. The van der Waals surface area contributed by atoms with Gasteiger partial charge in [-0.15, -0.1) is 0 Å². The Bertz CT molecular complexity index is 502. The zero-order valence-corrected chi connectivity index (χ0v) is 12.9. The molecule has 1 aliphatic rings. The SMILES string of the molecule is CC1(C)CCN(Cc2ccc(C(=N)N)cc2F)CCS1. The Morgan fingerprint density at radius 1 is 1.45 bits per heavy atom. The maximum atomic E-state index is 14.0. The van der Waals surface area contributed by atoms with Crippen LogP contribution in [-0.4, -0.2) is 34.3 Å². The molecule has 0 bridgehead atoms. The fourth-order valence-corrected chi connectivity index (χ4v) is 3.44. The van der Waals surface area contributed by atoms with Crippen LogP contribution in [0.3, 0.4) is 0 Å². The van der Waals surface area contributed by atoms with Crippen molar-refractivity contribution in [1.29, 1.82) is 5.41 Å². The van der Waals surface area contributed by atoms with E-state index in [2.05, 4.69) is 18.7 Å². The smallest absolute Gasteiger partial charge is 0.128 e. The Labute approximate surface area is 124 Å². The molecule has 20 heavy (non-hydrogen) atoms. The quantitative estimate of drug-likeness (QED) is 0.666. The molecule has 1 saturated heterocycles. The van der Waals surface area contributed by atoms with E-state index < -0.39 is 0 Å². The van der Waals surface area contributed by atoms with E-state index in [0.29, 0.717) is 22.4 Å². The van der Waals surface area contributed by atoms with E-state index in [-0.39, 0.29) is 11.7 Å². The zero-order chi connectivity index (χ0) is 14.8. The summed E-state index contributed by atoms with van der Waals surface area (Å²) in [4.78, 5) is 2.30. The molecule has 0 spiro atoms. The summed E-state index contributed by atoms with van der Waals surface area (Å²) in [6.45, 7) is 7.14. The van der Waals surface area contributed by atoms with Crippen LogP contribution in [0, 0.1) is 11.2 Å². The van der Waals surface area contributed by atoms with Gasteiger partial charge in [-0.1, -0.05) is 26.0 Å². The molecule has 0 amide bonds. The molecular formula is C15H22FN3S. The predicted molar refractivity (Wildman–Crippen MR) is 83.8 cm³/mol. The van der Waals surface area contributed by atoms with Gasteiger partial charge in [0.05, 0.1) is 0 Å². The van der Waals surface area contributed by atoms with Crippen LogP contribution in [-0.2, 0) is 6.54 Å². The number of thioether (sulfide) groups is 1. The molecule has 2 rings (SSSR count). The van der Waals surface area contributed by atoms with E-state index >= 15 is 0 Å². The third kappa shape index (κ3) is 3.96. The Balaban J connectivity index is 2.05. The third-order valence-corrected chi connectivity index (χ3v) is 5.06. The third-order valence-electron chi connectivity index (χ3n) is 3.69. The number of nitrogens with two attached hydrogens (primary N) is 1. The van der Waals surface area contributed by atoms with Gasteiger partial charge in [0.1, 0.15) is 11.7 Å². The summed E-state index contributed by atoms with van der Waals surface area (Å²) >= 11 is 1.99. The Hall–Kier alpha value is -1.07. The highest BCUT2D eigenvalue weighted by Crippen LogP contribution is 2.31. The molecule has 0 aromatic heterocycles. The van der Waals surface area contributed by atoms with Crippen molar-refractivity contribution in [3.05, 3.63) is 35.1 Å². The Kier molecular flexibility index (Phi) is 4.70. The maximum Gasteiger partial charge on any atom is 0.128 e. The highest BCUT2D eigenvalue weighted by molar-refractivity contribution is 8.00. The molecule has 1 aromatic rings. The number of hydrogen-bond donors (Lipinski definition) is 2. The molecule has 1 aromatic carbocycles. The van der Waals surface area contributed by atoms with Crippen LogP contribution in [0.15, 0.2) is 18.2 Å². The maximum absolute atomic E-state index is 14.0. The van der Waals surface area contributed by atoms with Gasteiger partial charge in [-0.05, 0) is 19.0 Å². The van der Waals surface area contributed by atoms with Gasteiger partial charge in [0.2, 0.25) is 0 Å². The summed E-state index contributed by atoms with van der Waals surface area (Å²) in [7, 11) is 0. The van der Waals surface area contributed by atoms with Crippen LogP contribution < -0.4 is 5.73 Å². The lowest BCUT2D eigenvalue weighted by molar-refractivity contribution is 0.272. The van der Waals surface area contributed by atoms with Crippen molar-refractivity contribution in [3.63, 3.8) is 0 Å². The molecule has 1 fully saturated rings. The van der Waals surface area contributed by atoms with Crippen molar-refractivity contribution in [2.24, 2.45) is 5.73 Å². The molecule has 0 atom stereocenters. The van der Waals surface area contributed by atoms with Crippen molar-refractivity contribution < 1.29 is 4.39 Å². The summed E-state index contributed by atoms with van der Waals surface area (Å²) in [5.74, 6) is 0.720. The molecule has 0 radical (unpaired) electrons. The first-order chi connectivity index (χ1) is 9.37. The van der Waals surface area contributed by atoms with Gasteiger partial charge in [-0.3, -0.25) is 10.3 Å². The molecule has 0 aliphatic carbocycles. The second-order valence-electron chi connectivity index (χ2n) is 5.85. The van der Waals surface area contributed by atoms with Crippen LogP contribution in [0.1, 0.15) is 31.4 Å². The van der Waals surface area contributed by atoms with E-state index in [1.165, 1.54) is 6.07 Å². The highest BCUT2D eigenvalue weighted by atomic mass is 32.2. The molecule has 1 heterocycles. The van der Waals surface area contributed by atoms with Gasteiger partial charge in [-0.25, -0.2) is 4.39 Å². The topological polar surface area (TPSA) is 53.1 Å². The lowest BCUT2D eigenvalue weighted by atomic mass is 10.1. The number of nitrogens with zero attached hydrogens (tertiary/aromatic N) is 1. The number of amidine groups is 1. The highest BCUT2D eigenvalue weighted by Gasteiger charge is 2.24. The fraction of sp³-hybridized carbons (Fsp3) is 0.533. The largest absolute Gasteiger partial charge is 0.384 e. The summed E-state index contributed by atoms with van der Waals surface area (Å²) in [6.07, 6.45) is 1.12. The fourth-order valence-electron chi connectivity index (χ4n) is 2.30. The predicted octanol–water partition coefficient (Wildman–Crippen LogP) is 2.83. The normalized spacial score (nSPS) is 19.6. The first kappa shape index (κ1) is 15.3. The average molecular weight is 295 g/mol. The Morgan fingerprint density at radius 3 is 2.85 bits per heavy atom. The van der Waals surface area contributed by atoms with Crippen molar-refractivity contribution in [1.82, 2.24) is 4.90 Å². The van der Waals surface area contributed by atoms with Crippen LogP contribution in [0.4, 0.5) is 4.39 Å². The number of hydrogen-bond acceptors (Lipinski definition) is 3. The van der Waals surface area contributed by atoms with Gasteiger partial charge in [0.15, 0.2) is 0 Å². The van der Waals surface area contributed by atoms with E-state index in [9.17, 15) is 4.39 Å². The number of nitrogens with one attached hydrogen (secondary N) is 1. The molecule has 110 valence electrons. The summed E-state index contributed by atoms with van der Waals surface area (Å²) < 4.78 is 14.3. The number of benzene rings is 1. The monoisotopic (exact) mass is 295 g/mol. The number of halogens is 1. The molecule has 3 N–H and O–H groups in total. The molecule has 3 nitrogen and oxygen atoms in total. The van der Waals surface area contributed by atoms with Crippen LogP contribution >= 0.6 is 11.8 Å². The molecule has 0 unspecified atom stereocenters. The van der Waals surface area contributed by atoms with E-state index in [0.717, 1.165) is 25.3 Å². The molecule has 0 saturated carbocycles. The molecule has 1 aliphatic heterocycles. The van der Waals surface area contributed by atoms with Crippen molar-refractivity contribution in [3.8, 4) is 0 Å². The zero-order valence-electron chi connectivity index (χ0n) is 12.1. The van der Waals surface area contributed by atoms with E-state index in [1.807, 2.05) is 11.8 Å². The van der Waals surface area contributed by atoms with Crippen molar-refractivity contribution in [2.45, 2.75) is 31.6 Å². The van der Waals surface area contributed by atoms with Crippen LogP contribution in [0.5, 0.6) is 0 Å². The number of rotatable bonds is 3. The van der Waals surface area contributed by atoms with Gasteiger partial charge >= 0.3 is 0 Å². The van der Waals surface area contributed by atoms with Gasteiger partial charge in [0, 0.05) is 34.7 Å². The van der Waals surface area contributed by atoms with Gasteiger partial charge < -0.3 is 5.73 Å². The minimum absolute atomic E-state index is 0.0941. The lowest BCUT2D eigenvalue weighted by Crippen LogP contribution is -2.27. The molecule has 5 heteroatoms. The van der Waals surface area contributed by atoms with E-state index in [1.54, 1.807) is 12.1 Å². The second kappa shape index (κ2) is 6.14. The standard InChI is InChI=1S/C15H22FN3S/c1-15(2)5-6-19(7-8-20-15)10-12-4-3-11(14(17)18)9-13(12)16/h3-4,9H,5-8,10H2,1-2H3,(H3,17,18). The second-order valence-corrected chi connectivity index (χ2v) is 7.66. The Morgan fingerprint density at radius 2 is 2.20 bits per heavy atom. The summed E-state index contributed by atoms with van der Waals surface area (Å²) in [5.41, 5.74) is 6.49. The lowest BCUT2D eigenvalue weighted by Gasteiger charge is -2.22. The van der Waals surface area contributed by atoms with Crippen molar-refractivity contribution in [2.75, 3.05) is 18.8 Å². The minimum atomic E-state index is -0.270. The summed E-state index contributed by atoms with van der Waals surface area (Å²) in [6, 6.07) is 4.82. The first-order valence-electron chi connectivity index (χ1n) is 6.86. The van der Waals surface area contributed by atoms with Crippen LogP contribution in [0.25, 0.3) is 0 Å². The van der Waals surface area contributed by atoms with Crippen molar-refractivity contribution >= 4 is 17.6 Å². The first-order valence-corrected chi connectivity index (χ1v) is 7.85. The van der Waals surface area contributed by atoms with Gasteiger partial charge in [-0.2, -0.15) is 11.8 Å². The summed E-state index contributed by atoms with van der Waals surface area (Å²) in [5, 5.41) is 7.33. The van der Waals surface area contributed by atoms with Crippen LogP contribution in [0.2, 0.25) is 0 Å². The van der Waals surface area contributed by atoms with E-state index in [4.69, 9.17) is 11.1 Å². The average Bonchev–Trinajstić information content (AvgIpc) is 2.53. The molecular weight excluding hydrogens is 273 g/mol. The van der Waals surface area contributed by atoms with Gasteiger partial charge in [0.25, 0.3) is 0 Å². The number of nitrogen functional groups attached to an aromatic ring is 1.